The summed E-state index contributed by atoms with van der Waals surface area (Å²) in [5.74, 6) is 1.09. The average Bonchev–Trinajstić information content (AvgIpc) is 3.23. The molecule has 2 aromatic rings. The lowest BCUT2D eigenvalue weighted by molar-refractivity contribution is -0.146. The van der Waals surface area contributed by atoms with Crippen molar-refractivity contribution in [2.24, 2.45) is 5.92 Å². The maximum atomic E-state index is 12.7. The Balaban J connectivity index is 1.42. The second-order valence-electron chi connectivity index (χ2n) is 7.08. The second-order valence-corrected chi connectivity index (χ2v) is 8.16. The zero-order valence-electron chi connectivity index (χ0n) is 15.7. The number of carbonyl (C=O) groups excluding carboxylic acids is 2. The quantitative estimate of drug-likeness (QED) is 0.792. The van der Waals surface area contributed by atoms with E-state index in [0.29, 0.717) is 24.5 Å². The number of ether oxygens (including phenoxy) is 3. The number of carbonyl (C=O) groups is 2. The van der Waals surface area contributed by atoms with Gasteiger partial charge >= 0.3 is 5.97 Å². The molecule has 6 nitrogen and oxygen atoms in total. The number of methoxy groups -OCH3 is 1. The fourth-order valence-corrected chi connectivity index (χ4v) is 4.68. The fraction of sp³-hybridized carbons (Fsp3) is 0.429. The number of rotatable bonds is 4. The number of hydrogen-bond donors (Lipinski definition) is 1. The molecule has 0 bridgehead atoms. The van der Waals surface area contributed by atoms with Crippen LogP contribution in [0.25, 0.3) is 10.4 Å². The lowest BCUT2D eigenvalue weighted by Gasteiger charge is -2.27. The molecule has 1 saturated carbocycles. The molecule has 2 aliphatic rings. The highest BCUT2D eigenvalue weighted by Crippen LogP contribution is 2.37. The molecule has 2 atom stereocenters. The molecule has 1 aliphatic heterocycles. The minimum Gasteiger partial charge on any atom is -0.486 e. The van der Waals surface area contributed by atoms with Crippen LogP contribution in [0.5, 0.6) is 11.5 Å². The van der Waals surface area contributed by atoms with E-state index in [1.165, 1.54) is 18.4 Å². The van der Waals surface area contributed by atoms with Gasteiger partial charge in [-0.05, 0) is 55.2 Å². The standard InChI is InChI=1S/C21H23NO5S/c1-25-21(24)14-3-2-4-15(11-14)22-20(23)19-8-7-18(28-19)13-5-6-16-17(12-13)27-10-9-26-16/h5-8,12,14-15H,2-4,9-11H2,1H3,(H,22,23). The summed E-state index contributed by atoms with van der Waals surface area (Å²) in [5, 5.41) is 3.08. The molecular weight excluding hydrogens is 378 g/mol. The van der Waals surface area contributed by atoms with Crippen molar-refractivity contribution in [1.29, 1.82) is 0 Å². The molecule has 1 amide bonds. The van der Waals surface area contributed by atoms with Gasteiger partial charge in [0.1, 0.15) is 13.2 Å². The zero-order chi connectivity index (χ0) is 19.5. The monoisotopic (exact) mass is 401 g/mol. The summed E-state index contributed by atoms with van der Waals surface area (Å²) in [7, 11) is 1.41. The highest BCUT2D eigenvalue weighted by atomic mass is 32.1. The first kappa shape index (κ1) is 18.8. The van der Waals surface area contributed by atoms with Gasteiger partial charge in [0.15, 0.2) is 11.5 Å². The van der Waals surface area contributed by atoms with Crippen molar-refractivity contribution < 1.29 is 23.8 Å². The van der Waals surface area contributed by atoms with Gasteiger partial charge in [0.2, 0.25) is 0 Å². The summed E-state index contributed by atoms with van der Waals surface area (Å²) < 4.78 is 16.0. The third-order valence-electron chi connectivity index (χ3n) is 5.20. The van der Waals surface area contributed by atoms with Crippen LogP contribution in [0.4, 0.5) is 0 Å². The molecule has 2 heterocycles. The smallest absolute Gasteiger partial charge is 0.308 e. The van der Waals surface area contributed by atoms with Crippen molar-refractivity contribution in [2.45, 2.75) is 31.7 Å². The van der Waals surface area contributed by atoms with Crippen molar-refractivity contribution >= 4 is 23.2 Å². The Morgan fingerprint density at radius 1 is 1.11 bits per heavy atom. The Bertz CT molecular complexity index is 877. The molecule has 1 N–H and O–H groups in total. The Labute approximate surface area is 167 Å². The van der Waals surface area contributed by atoms with Gasteiger partial charge in [-0.3, -0.25) is 9.59 Å². The third-order valence-corrected chi connectivity index (χ3v) is 6.33. The molecule has 1 fully saturated rings. The Morgan fingerprint density at radius 2 is 1.93 bits per heavy atom. The molecule has 1 aromatic heterocycles. The van der Waals surface area contributed by atoms with E-state index in [0.717, 1.165) is 41.2 Å². The fourth-order valence-electron chi connectivity index (χ4n) is 3.77. The molecule has 7 heteroatoms. The van der Waals surface area contributed by atoms with Crippen LogP contribution in [-0.4, -0.2) is 38.2 Å². The van der Waals surface area contributed by atoms with Crippen LogP contribution < -0.4 is 14.8 Å². The Morgan fingerprint density at radius 3 is 2.75 bits per heavy atom. The third kappa shape index (κ3) is 3.99. The summed E-state index contributed by atoms with van der Waals surface area (Å²) in [4.78, 5) is 26.1. The molecule has 0 spiro atoms. The first-order valence-electron chi connectivity index (χ1n) is 9.52. The molecule has 4 rings (SSSR count). The van der Waals surface area contributed by atoms with E-state index in [-0.39, 0.29) is 23.8 Å². The van der Waals surface area contributed by atoms with Gasteiger partial charge < -0.3 is 19.5 Å². The highest BCUT2D eigenvalue weighted by Gasteiger charge is 2.29. The number of esters is 1. The molecule has 1 aliphatic carbocycles. The van der Waals surface area contributed by atoms with Crippen LogP contribution in [0, 0.1) is 5.92 Å². The van der Waals surface area contributed by atoms with E-state index in [4.69, 9.17) is 14.2 Å². The van der Waals surface area contributed by atoms with Gasteiger partial charge in [-0.2, -0.15) is 0 Å². The van der Waals surface area contributed by atoms with Crippen LogP contribution in [0.1, 0.15) is 35.4 Å². The van der Waals surface area contributed by atoms with E-state index in [2.05, 4.69) is 5.32 Å². The van der Waals surface area contributed by atoms with E-state index < -0.39 is 0 Å². The lowest BCUT2D eigenvalue weighted by atomic mass is 9.85. The number of thiophene rings is 1. The first-order valence-corrected chi connectivity index (χ1v) is 10.3. The molecule has 0 radical (unpaired) electrons. The topological polar surface area (TPSA) is 73.9 Å². The van der Waals surface area contributed by atoms with Gasteiger partial charge in [-0.15, -0.1) is 11.3 Å². The van der Waals surface area contributed by atoms with Gasteiger partial charge in [0.05, 0.1) is 17.9 Å². The summed E-state index contributed by atoms with van der Waals surface area (Å²) in [5.41, 5.74) is 0.997. The van der Waals surface area contributed by atoms with Crippen molar-refractivity contribution in [3.8, 4) is 21.9 Å². The predicted octanol–water partition coefficient (Wildman–Crippen LogP) is 3.65. The number of nitrogens with one attached hydrogen (secondary N) is 1. The molecule has 0 saturated heterocycles. The maximum Gasteiger partial charge on any atom is 0.308 e. The van der Waals surface area contributed by atoms with Crippen molar-refractivity contribution in [3.05, 3.63) is 35.2 Å². The number of hydrogen-bond acceptors (Lipinski definition) is 6. The normalized spacial score (nSPS) is 21.0. The van der Waals surface area contributed by atoms with Gasteiger partial charge in [-0.25, -0.2) is 0 Å². The van der Waals surface area contributed by atoms with E-state index >= 15 is 0 Å². The summed E-state index contributed by atoms with van der Waals surface area (Å²) in [6.07, 6.45) is 3.27. The van der Waals surface area contributed by atoms with E-state index in [9.17, 15) is 9.59 Å². The van der Waals surface area contributed by atoms with Crippen molar-refractivity contribution in [3.63, 3.8) is 0 Å². The predicted molar refractivity (Wildman–Crippen MR) is 106 cm³/mol. The molecule has 2 unspecified atom stereocenters. The van der Waals surface area contributed by atoms with Crippen LogP contribution in [0.3, 0.4) is 0 Å². The minimum absolute atomic E-state index is 0.00481. The van der Waals surface area contributed by atoms with Gasteiger partial charge in [-0.1, -0.05) is 6.42 Å². The number of benzene rings is 1. The summed E-state index contributed by atoms with van der Waals surface area (Å²) in [6, 6.07) is 9.62. The SMILES string of the molecule is COC(=O)C1CCCC(NC(=O)c2ccc(-c3ccc4c(c3)OCCO4)s2)C1. The zero-order valence-corrected chi connectivity index (χ0v) is 16.6. The Kier molecular flexibility index (Phi) is 5.52. The van der Waals surface area contributed by atoms with E-state index in [1.54, 1.807) is 0 Å². The highest BCUT2D eigenvalue weighted by molar-refractivity contribution is 7.17. The number of amides is 1. The van der Waals surface area contributed by atoms with Crippen LogP contribution in [0.2, 0.25) is 0 Å². The second kappa shape index (κ2) is 8.22. The molecular formula is C21H23NO5S. The van der Waals surface area contributed by atoms with Gasteiger partial charge in [0.25, 0.3) is 5.91 Å². The average molecular weight is 401 g/mol. The van der Waals surface area contributed by atoms with Crippen LogP contribution >= 0.6 is 11.3 Å². The Hall–Kier alpha value is -2.54. The molecule has 28 heavy (non-hydrogen) atoms. The van der Waals surface area contributed by atoms with Crippen LogP contribution in [0.15, 0.2) is 30.3 Å². The lowest BCUT2D eigenvalue weighted by Crippen LogP contribution is -2.39. The first-order chi connectivity index (χ1) is 13.6. The molecule has 1 aromatic carbocycles. The van der Waals surface area contributed by atoms with E-state index in [1.807, 2.05) is 30.3 Å². The minimum atomic E-state index is -0.184. The number of fused-ring (bicyclic) bond motifs is 1. The van der Waals surface area contributed by atoms with Crippen LogP contribution in [-0.2, 0) is 9.53 Å². The largest absolute Gasteiger partial charge is 0.486 e. The summed E-state index contributed by atoms with van der Waals surface area (Å²) >= 11 is 1.44. The van der Waals surface area contributed by atoms with Gasteiger partial charge in [0, 0.05) is 10.9 Å². The van der Waals surface area contributed by atoms with Crippen molar-refractivity contribution in [2.75, 3.05) is 20.3 Å². The summed E-state index contributed by atoms with van der Waals surface area (Å²) in [6.45, 7) is 1.11. The molecule has 148 valence electrons. The maximum absolute atomic E-state index is 12.7. The van der Waals surface area contributed by atoms with Crippen molar-refractivity contribution in [1.82, 2.24) is 5.32 Å².